The van der Waals surface area contributed by atoms with Crippen LogP contribution >= 0.6 is 0 Å². The number of halogens is 2. The molecule has 0 aliphatic rings. The normalized spacial score (nSPS) is 13.9. The average molecular weight is 240 g/mol. The molecule has 17 heavy (non-hydrogen) atoms. The molecule has 0 heterocycles. The third kappa shape index (κ3) is 3.40. The monoisotopic (exact) mass is 240 g/mol. The molecule has 0 radical (unpaired) electrons. The van der Waals surface area contributed by atoms with Crippen LogP contribution in [0.4, 0.5) is 8.78 Å². The Morgan fingerprint density at radius 3 is 2.35 bits per heavy atom. The third-order valence-electron chi connectivity index (χ3n) is 2.48. The van der Waals surface area contributed by atoms with E-state index in [1.807, 2.05) is 6.92 Å². The zero-order valence-corrected chi connectivity index (χ0v) is 9.76. The predicted octanol–water partition coefficient (Wildman–Crippen LogP) is 2.34. The van der Waals surface area contributed by atoms with Crippen molar-refractivity contribution in [2.75, 3.05) is 6.61 Å². The topological polar surface area (TPSA) is 59.0 Å². The molecule has 2 N–H and O–H groups in total. The van der Waals surface area contributed by atoms with Crippen molar-refractivity contribution in [1.29, 1.82) is 5.26 Å². The van der Waals surface area contributed by atoms with E-state index in [-0.39, 0.29) is 12.2 Å². The molecule has 0 aliphatic carbocycles. The second-order valence-electron chi connectivity index (χ2n) is 4.18. The van der Waals surface area contributed by atoms with E-state index < -0.39 is 22.9 Å². The Morgan fingerprint density at radius 2 is 1.94 bits per heavy atom. The van der Waals surface area contributed by atoms with Gasteiger partial charge in [0.1, 0.15) is 6.61 Å². The van der Waals surface area contributed by atoms with Crippen LogP contribution in [0.25, 0.3) is 0 Å². The molecule has 1 atom stereocenters. The van der Waals surface area contributed by atoms with Crippen molar-refractivity contribution in [2.45, 2.75) is 25.8 Å². The maximum absolute atomic E-state index is 13.4. The molecule has 1 rings (SSSR count). The van der Waals surface area contributed by atoms with Gasteiger partial charge in [0.2, 0.25) is 0 Å². The van der Waals surface area contributed by atoms with E-state index in [4.69, 9.17) is 15.7 Å². The van der Waals surface area contributed by atoms with Crippen LogP contribution in [0.3, 0.4) is 0 Å². The fourth-order valence-corrected chi connectivity index (χ4v) is 1.10. The van der Waals surface area contributed by atoms with Crippen molar-refractivity contribution < 1.29 is 13.5 Å². The highest BCUT2D eigenvalue weighted by molar-refractivity contribution is 5.37. The number of rotatable bonds is 4. The molecule has 5 heteroatoms. The minimum atomic E-state index is -0.895. The van der Waals surface area contributed by atoms with Gasteiger partial charge in [-0.3, -0.25) is 0 Å². The van der Waals surface area contributed by atoms with E-state index in [0.29, 0.717) is 6.42 Å². The van der Waals surface area contributed by atoms with Crippen molar-refractivity contribution in [1.82, 2.24) is 0 Å². The van der Waals surface area contributed by atoms with Crippen LogP contribution in [0.1, 0.15) is 25.8 Å². The van der Waals surface area contributed by atoms with Crippen molar-refractivity contribution in [3.8, 4) is 11.8 Å². The van der Waals surface area contributed by atoms with Crippen LogP contribution in [-0.4, -0.2) is 12.1 Å². The summed E-state index contributed by atoms with van der Waals surface area (Å²) in [4.78, 5) is 0. The van der Waals surface area contributed by atoms with Gasteiger partial charge in [-0.15, -0.1) is 0 Å². The first-order chi connectivity index (χ1) is 7.89. The van der Waals surface area contributed by atoms with Crippen LogP contribution in [0, 0.1) is 23.0 Å². The van der Waals surface area contributed by atoms with Crippen LogP contribution in [-0.2, 0) is 0 Å². The summed E-state index contributed by atoms with van der Waals surface area (Å²) in [6.45, 7) is 3.59. The summed E-state index contributed by atoms with van der Waals surface area (Å²) in [6, 6.07) is 3.52. The number of nitriles is 1. The Balaban J connectivity index is 2.90. The van der Waals surface area contributed by atoms with Gasteiger partial charge in [0.25, 0.3) is 0 Å². The fourth-order valence-electron chi connectivity index (χ4n) is 1.10. The fraction of sp³-hybridized carbons (Fsp3) is 0.417. The van der Waals surface area contributed by atoms with Crippen LogP contribution < -0.4 is 10.5 Å². The van der Waals surface area contributed by atoms with E-state index in [1.165, 1.54) is 0 Å². The molecule has 1 aromatic carbocycles. The second-order valence-corrected chi connectivity index (χ2v) is 4.18. The lowest BCUT2D eigenvalue weighted by atomic mass is 10.0. The van der Waals surface area contributed by atoms with Gasteiger partial charge in [0, 0.05) is 5.54 Å². The molecule has 0 spiro atoms. The molecule has 0 amide bonds. The summed E-state index contributed by atoms with van der Waals surface area (Å²) in [7, 11) is 0. The maximum Gasteiger partial charge on any atom is 0.190 e. The molecule has 1 aromatic rings. The lowest BCUT2D eigenvalue weighted by molar-refractivity contribution is 0.209. The van der Waals surface area contributed by atoms with E-state index >= 15 is 0 Å². The second kappa shape index (κ2) is 5.11. The van der Waals surface area contributed by atoms with E-state index in [0.717, 1.165) is 12.1 Å². The van der Waals surface area contributed by atoms with Crippen LogP contribution in [0.2, 0.25) is 0 Å². The van der Waals surface area contributed by atoms with E-state index in [2.05, 4.69) is 0 Å². The Hall–Kier alpha value is -1.67. The first-order valence-electron chi connectivity index (χ1n) is 5.20. The molecule has 0 saturated heterocycles. The van der Waals surface area contributed by atoms with E-state index in [9.17, 15) is 8.78 Å². The summed E-state index contributed by atoms with van der Waals surface area (Å²) < 4.78 is 31.9. The average Bonchev–Trinajstić information content (AvgIpc) is 2.27. The standard InChI is InChI=1S/C12H14F2N2O/c1-3-12(2,16)7-17-11-9(13)4-8(6-15)5-10(11)14/h4-5H,3,7,16H2,1-2H3. The molecule has 0 fully saturated rings. The Kier molecular flexibility index (Phi) is 4.02. The molecule has 0 aliphatic heterocycles. The van der Waals surface area contributed by atoms with Gasteiger partial charge in [-0.1, -0.05) is 6.92 Å². The van der Waals surface area contributed by atoms with Gasteiger partial charge in [0.05, 0.1) is 11.6 Å². The molecule has 0 bridgehead atoms. The van der Waals surface area contributed by atoms with Crippen molar-refractivity contribution in [3.63, 3.8) is 0 Å². The molecular weight excluding hydrogens is 226 g/mol. The largest absolute Gasteiger partial charge is 0.486 e. The quantitative estimate of drug-likeness (QED) is 0.878. The molecule has 0 aromatic heterocycles. The predicted molar refractivity (Wildman–Crippen MR) is 59.5 cm³/mol. The summed E-state index contributed by atoms with van der Waals surface area (Å²) in [5.74, 6) is -2.28. The minimum Gasteiger partial charge on any atom is -0.486 e. The minimum absolute atomic E-state index is 0.00321. The SMILES string of the molecule is CCC(C)(N)COc1c(F)cc(C#N)cc1F. The van der Waals surface area contributed by atoms with Gasteiger partial charge in [-0.2, -0.15) is 5.26 Å². The lowest BCUT2D eigenvalue weighted by Crippen LogP contribution is -2.41. The number of nitrogens with two attached hydrogens (primary N) is 1. The molecule has 92 valence electrons. The summed E-state index contributed by atoms with van der Waals surface area (Å²) in [6.07, 6.45) is 0.618. The van der Waals surface area contributed by atoms with Crippen molar-refractivity contribution in [3.05, 3.63) is 29.3 Å². The molecule has 1 unspecified atom stereocenters. The maximum atomic E-state index is 13.4. The smallest absolute Gasteiger partial charge is 0.190 e. The summed E-state index contributed by atoms with van der Waals surface area (Å²) in [5, 5.41) is 8.53. The Morgan fingerprint density at radius 1 is 1.41 bits per heavy atom. The van der Waals surface area contributed by atoms with Gasteiger partial charge >= 0.3 is 0 Å². The summed E-state index contributed by atoms with van der Waals surface area (Å²) in [5.41, 5.74) is 5.07. The van der Waals surface area contributed by atoms with Crippen molar-refractivity contribution in [2.24, 2.45) is 5.73 Å². The van der Waals surface area contributed by atoms with Crippen molar-refractivity contribution >= 4 is 0 Å². The first kappa shape index (κ1) is 13.4. The van der Waals surface area contributed by atoms with Gasteiger partial charge in [0.15, 0.2) is 17.4 Å². The zero-order valence-electron chi connectivity index (χ0n) is 9.76. The third-order valence-corrected chi connectivity index (χ3v) is 2.48. The lowest BCUT2D eigenvalue weighted by Gasteiger charge is -2.23. The Labute approximate surface area is 98.8 Å². The summed E-state index contributed by atoms with van der Waals surface area (Å²) >= 11 is 0. The zero-order chi connectivity index (χ0) is 13.1. The number of ether oxygens (including phenoxy) is 1. The van der Waals surface area contributed by atoms with Gasteiger partial charge < -0.3 is 10.5 Å². The van der Waals surface area contributed by atoms with Gasteiger partial charge in [-0.05, 0) is 25.5 Å². The molecular formula is C12H14F2N2O. The Bertz CT molecular complexity index is 429. The number of hydrogen-bond donors (Lipinski definition) is 1. The van der Waals surface area contributed by atoms with Gasteiger partial charge in [-0.25, -0.2) is 8.78 Å². The highest BCUT2D eigenvalue weighted by Crippen LogP contribution is 2.24. The number of hydrogen-bond acceptors (Lipinski definition) is 3. The molecule has 0 saturated carbocycles. The van der Waals surface area contributed by atoms with E-state index in [1.54, 1.807) is 13.0 Å². The molecule has 3 nitrogen and oxygen atoms in total. The van der Waals surface area contributed by atoms with Crippen LogP contribution in [0.15, 0.2) is 12.1 Å². The first-order valence-corrected chi connectivity index (χ1v) is 5.20. The highest BCUT2D eigenvalue weighted by atomic mass is 19.1. The number of nitrogens with zero attached hydrogens (tertiary/aromatic N) is 1. The number of benzene rings is 1. The highest BCUT2D eigenvalue weighted by Gasteiger charge is 2.20. The van der Waals surface area contributed by atoms with Crippen LogP contribution in [0.5, 0.6) is 5.75 Å².